The topological polar surface area (TPSA) is 77.7 Å². The highest BCUT2D eigenvalue weighted by atomic mass is 16.5. The SMILES string of the molecule is CCOc1ccccc1CN1CC(c2nc(-c3ccccc3OCC)no2)CC1=O. The Kier molecular flexibility index (Phi) is 5.97. The molecule has 2 heterocycles. The smallest absolute Gasteiger partial charge is 0.232 e. The van der Waals surface area contributed by atoms with Crippen LogP contribution in [0.2, 0.25) is 0 Å². The minimum absolute atomic E-state index is 0.0702. The summed E-state index contributed by atoms with van der Waals surface area (Å²) in [5.74, 6) is 2.41. The number of hydrogen-bond acceptors (Lipinski definition) is 6. The molecule has 0 saturated carbocycles. The molecule has 1 saturated heterocycles. The van der Waals surface area contributed by atoms with E-state index in [1.165, 1.54) is 0 Å². The van der Waals surface area contributed by atoms with Gasteiger partial charge in [0.2, 0.25) is 17.6 Å². The van der Waals surface area contributed by atoms with Crippen LogP contribution in [0.15, 0.2) is 53.1 Å². The first-order chi connectivity index (χ1) is 14.7. The first-order valence-electron chi connectivity index (χ1n) is 10.2. The molecule has 0 aliphatic carbocycles. The molecule has 1 fully saturated rings. The lowest BCUT2D eigenvalue weighted by Gasteiger charge is -2.18. The van der Waals surface area contributed by atoms with Crippen LogP contribution in [0.25, 0.3) is 11.4 Å². The number of hydrogen-bond donors (Lipinski definition) is 0. The lowest BCUT2D eigenvalue weighted by atomic mass is 10.1. The Morgan fingerprint density at radius 2 is 1.73 bits per heavy atom. The summed E-state index contributed by atoms with van der Waals surface area (Å²) in [6.45, 7) is 6.05. The molecule has 1 aliphatic rings. The second-order valence-electron chi connectivity index (χ2n) is 7.10. The lowest BCUT2D eigenvalue weighted by molar-refractivity contribution is -0.128. The number of likely N-dealkylation sites (tertiary alicyclic amines) is 1. The number of carbonyl (C=O) groups excluding carboxylic acids is 1. The Morgan fingerprint density at radius 1 is 1.03 bits per heavy atom. The zero-order valence-electron chi connectivity index (χ0n) is 17.2. The van der Waals surface area contributed by atoms with Crippen LogP contribution in [0.1, 0.15) is 37.6 Å². The van der Waals surface area contributed by atoms with Crippen LogP contribution >= 0.6 is 0 Å². The van der Waals surface area contributed by atoms with E-state index in [1.54, 1.807) is 0 Å². The van der Waals surface area contributed by atoms with Crippen molar-refractivity contribution in [2.24, 2.45) is 0 Å². The Bertz CT molecular complexity index is 1020. The van der Waals surface area contributed by atoms with E-state index in [4.69, 9.17) is 14.0 Å². The highest BCUT2D eigenvalue weighted by Gasteiger charge is 2.34. The molecule has 0 spiro atoms. The van der Waals surface area contributed by atoms with Crippen LogP contribution < -0.4 is 9.47 Å². The molecule has 1 aliphatic heterocycles. The zero-order valence-corrected chi connectivity index (χ0v) is 17.2. The number of nitrogens with zero attached hydrogens (tertiary/aromatic N) is 3. The van der Waals surface area contributed by atoms with E-state index < -0.39 is 0 Å². The summed E-state index contributed by atoms with van der Waals surface area (Å²) in [6, 6.07) is 15.4. The lowest BCUT2D eigenvalue weighted by Crippen LogP contribution is -2.24. The summed E-state index contributed by atoms with van der Waals surface area (Å²) in [5, 5.41) is 4.13. The summed E-state index contributed by atoms with van der Waals surface area (Å²) in [5.41, 5.74) is 1.77. The maximum absolute atomic E-state index is 12.6. The van der Waals surface area contributed by atoms with Crippen LogP contribution in [0, 0.1) is 0 Å². The highest BCUT2D eigenvalue weighted by Crippen LogP contribution is 2.33. The highest BCUT2D eigenvalue weighted by molar-refractivity contribution is 5.79. The molecule has 3 aromatic rings. The average molecular weight is 407 g/mol. The van der Waals surface area contributed by atoms with Crippen molar-refractivity contribution in [3.8, 4) is 22.9 Å². The third kappa shape index (κ3) is 4.15. The summed E-state index contributed by atoms with van der Waals surface area (Å²) in [7, 11) is 0. The molecule has 30 heavy (non-hydrogen) atoms. The fourth-order valence-corrected chi connectivity index (χ4v) is 3.67. The van der Waals surface area contributed by atoms with Gasteiger partial charge in [0.25, 0.3) is 0 Å². The zero-order chi connectivity index (χ0) is 20.9. The van der Waals surface area contributed by atoms with Gasteiger partial charge in [-0.05, 0) is 32.0 Å². The van der Waals surface area contributed by atoms with Gasteiger partial charge in [-0.2, -0.15) is 4.98 Å². The molecule has 0 bridgehead atoms. The molecule has 1 atom stereocenters. The molecular formula is C23H25N3O4. The van der Waals surface area contributed by atoms with Gasteiger partial charge in [-0.25, -0.2) is 0 Å². The average Bonchev–Trinajstić information content (AvgIpc) is 3.38. The monoisotopic (exact) mass is 407 g/mol. The molecule has 0 N–H and O–H groups in total. The van der Waals surface area contributed by atoms with Crippen molar-refractivity contribution in [3.63, 3.8) is 0 Å². The van der Waals surface area contributed by atoms with Crippen molar-refractivity contribution in [1.82, 2.24) is 15.0 Å². The maximum Gasteiger partial charge on any atom is 0.232 e. The number of para-hydroxylation sites is 2. The van der Waals surface area contributed by atoms with Gasteiger partial charge in [0.05, 0.1) is 24.7 Å². The first kappa shape index (κ1) is 19.9. The van der Waals surface area contributed by atoms with E-state index in [9.17, 15) is 4.79 Å². The van der Waals surface area contributed by atoms with Crippen molar-refractivity contribution in [2.75, 3.05) is 19.8 Å². The van der Waals surface area contributed by atoms with Gasteiger partial charge in [-0.3, -0.25) is 4.79 Å². The number of carbonyl (C=O) groups is 1. The second kappa shape index (κ2) is 8.98. The molecular weight excluding hydrogens is 382 g/mol. The third-order valence-corrected chi connectivity index (χ3v) is 5.07. The number of rotatable bonds is 8. The second-order valence-corrected chi connectivity index (χ2v) is 7.10. The van der Waals surface area contributed by atoms with Crippen LogP contribution in [-0.2, 0) is 11.3 Å². The van der Waals surface area contributed by atoms with E-state index >= 15 is 0 Å². The molecule has 7 heteroatoms. The van der Waals surface area contributed by atoms with Crippen molar-refractivity contribution < 1.29 is 18.8 Å². The molecule has 7 nitrogen and oxygen atoms in total. The molecule has 4 rings (SSSR count). The molecule has 1 unspecified atom stereocenters. The number of aromatic nitrogens is 2. The quantitative estimate of drug-likeness (QED) is 0.561. The Labute approximate surface area is 175 Å². The third-order valence-electron chi connectivity index (χ3n) is 5.07. The van der Waals surface area contributed by atoms with Crippen molar-refractivity contribution >= 4 is 5.91 Å². The van der Waals surface area contributed by atoms with Gasteiger partial charge in [0.15, 0.2) is 0 Å². The Hall–Kier alpha value is -3.35. The van der Waals surface area contributed by atoms with Gasteiger partial charge < -0.3 is 18.9 Å². The fourth-order valence-electron chi connectivity index (χ4n) is 3.67. The van der Waals surface area contributed by atoms with Crippen LogP contribution in [0.5, 0.6) is 11.5 Å². The van der Waals surface area contributed by atoms with Gasteiger partial charge in [0.1, 0.15) is 11.5 Å². The number of ether oxygens (including phenoxy) is 2. The van der Waals surface area contributed by atoms with Gasteiger partial charge in [-0.1, -0.05) is 35.5 Å². The normalized spacial score (nSPS) is 16.1. The minimum Gasteiger partial charge on any atom is -0.494 e. The molecule has 156 valence electrons. The molecule has 0 radical (unpaired) electrons. The number of amides is 1. The summed E-state index contributed by atoms with van der Waals surface area (Å²) in [4.78, 5) is 19.0. The van der Waals surface area contributed by atoms with Gasteiger partial charge in [-0.15, -0.1) is 0 Å². The van der Waals surface area contributed by atoms with Crippen LogP contribution in [0.3, 0.4) is 0 Å². The van der Waals surface area contributed by atoms with E-state index in [0.29, 0.717) is 50.2 Å². The molecule has 1 amide bonds. The van der Waals surface area contributed by atoms with Crippen LogP contribution in [-0.4, -0.2) is 40.7 Å². The van der Waals surface area contributed by atoms with E-state index in [-0.39, 0.29) is 11.8 Å². The fraction of sp³-hybridized carbons (Fsp3) is 0.348. The van der Waals surface area contributed by atoms with Crippen molar-refractivity contribution in [2.45, 2.75) is 32.7 Å². The largest absolute Gasteiger partial charge is 0.494 e. The summed E-state index contributed by atoms with van der Waals surface area (Å²) >= 11 is 0. The maximum atomic E-state index is 12.6. The predicted molar refractivity (Wildman–Crippen MR) is 111 cm³/mol. The first-order valence-corrected chi connectivity index (χ1v) is 10.2. The van der Waals surface area contributed by atoms with Crippen LogP contribution in [0.4, 0.5) is 0 Å². The molecule has 2 aromatic carbocycles. The summed E-state index contributed by atoms with van der Waals surface area (Å²) < 4.78 is 16.9. The minimum atomic E-state index is -0.128. The van der Waals surface area contributed by atoms with Gasteiger partial charge in [0, 0.05) is 25.1 Å². The van der Waals surface area contributed by atoms with E-state index in [1.807, 2.05) is 67.3 Å². The Balaban J connectivity index is 1.49. The van der Waals surface area contributed by atoms with E-state index in [0.717, 1.165) is 16.9 Å². The van der Waals surface area contributed by atoms with E-state index in [2.05, 4.69) is 10.1 Å². The van der Waals surface area contributed by atoms with Crippen molar-refractivity contribution in [1.29, 1.82) is 0 Å². The molecule has 1 aromatic heterocycles. The van der Waals surface area contributed by atoms with Crippen molar-refractivity contribution in [3.05, 3.63) is 60.0 Å². The van der Waals surface area contributed by atoms with Gasteiger partial charge >= 0.3 is 0 Å². The number of benzene rings is 2. The Morgan fingerprint density at radius 3 is 2.53 bits per heavy atom. The standard InChI is InChI=1S/C23H25N3O4/c1-3-28-19-11-7-5-9-16(19)14-26-15-17(13-21(26)27)23-24-22(25-30-23)18-10-6-8-12-20(18)29-4-2/h5-12,17H,3-4,13-15H2,1-2H3. The summed E-state index contributed by atoms with van der Waals surface area (Å²) in [6.07, 6.45) is 0.353. The predicted octanol–water partition coefficient (Wildman–Crippen LogP) is 4.05.